The van der Waals surface area contributed by atoms with Crippen LogP contribution in [-0.2, 0) is 11.3 Å². The molecule has 2 aromatic carbocycles. The molecule has 1 aliphatic heterocycles. The first-order chi connectivity index (χ1) is 13.5. The van der Waals surface area contributed by atoms with Gasteiger partial charge in [-0.15, -0.1) is 5.10 Å². The fourth-order valence-electron chi connectivity index (χ4n) is 3.06. The van der Waals surface area contributed by atoms with Crippen molar-refractivity contribution in [1.29, 1.82) is 0 Å². The van der Waals surface area contributed by atoms with Crippen LogP contribution in [0.15, 0.2) is 52.7 Å². The van der Waals surface area contributed by atoms with E-state index in [4.69, 9.17) is 0 Å². The lowest BCUT2D eigenvalue weighted by Crippen LogP contribution is -2.31. The van der Waals surface area contributed by atoms with Crippen LogP contribution in [0.3, 0.4) is 0 Å². The minimum absolute atomic E-state index is 0.0386. The number of amides is 1. The van der Waals surface area contributed by atoms with Crippen molar-refractivity contribution < 1.29 is 9.18 Å². The first kappa shape index (κ1) is 20.3. The zero-order chi connectivity index (χ0) is 20.1. The molecule has 3 rings (SSSR count). The smallest absolute Gasteiger partial charge is 0.242 e. The molecule has 0 spiro atoms. The van der Waals surface area contributed by atoms with Crippen molar-refractivity contribution in [3.8, 4) is 0 Å². The Morgan fingerprint density at radius 3 is 2.61 bits per heavy atom. The Hall–Kier alpha value is -2.47. The molecule has 1 aliphatic rings. The maximum atomic E-state index is 13.2. The Kier molecular flexibility index (Phi) is 6.62. The van der Waals surface area contributed by atoms with Gasteiger partial charge < -0.3 is 0 Å². The molecule has 146 valence electrons. The molecule has 1 saturated heterocycles. The fourth-order valence-corrected chi connectivity index (χ4v) is 4.27. The molecule has 0 N–H and O–H groups in total. The van der Waals surface area contributed by atoms with E-state index in [0.29, 0.717) is 11.7 Å². The molecular formula is C22H24FN3OS. The summed E-state index contributed by atoms with van der Waals surface area (Å²) in [5, 5.41) is 9.03. The number of rotatable bonds is 6. The van der Waals surface area contributed by atoms with Gasteiger partial charge >= 0.3 is 0 Å². The minimum atomic E-state index is -0.290. The standard InChI is InChI=1S/C22H24FN3OS/c1-4-5-20-21(27)26(14-17-7-10-19(23)11-8-17)22(28-20)25-24-13-18-9-6-15(2)12-16(18)3/h6-13,20H,4-5,14H2,1-3H3/b24-13+,25-22-. The quantitative estimate of drug-likeness (QED) is 0.504. The molecule has 0 bridgehead atoms. The van der Waals surface area contributed by atoms with Gasteiger partial charge in [0.2, 0.25) is 5.91 Å². The number of nitrogens with zero attached hydrogens (tertiary/aromatic N) is 3. The Bertz CT molecular complexity index is 908. The predicted octanol–water partition coefficient (Wildman–Crippen LogP) is 5.08. The topological polar surface area (TPSA) is 45.0 Å². The number of halogens is 1. The number of carbonyl (C=O) groups excluding carboxylic acids is 1. The molecule has 1 unspecified atom stereocenters. The van der Waals surface area contributed by atoms with Gasteiger partial charge in [-0.2, -0.15) is 5.10 Å². The van der Waals surface area contributed by atoms with Gasteiger partial charge in [-0.25, -0.2) is 4.39 Å². The van der Waals surface area contributed by atoms with Gasteiger partial charge in [0.15, 0.2) is 5.17 Å². The summed E-state index contributed by atoms with van der Waals surface area (Å²) >= 11 is 1.45. The highest BCUT2D eigenvalue weighted by Crippen LogP contribution is 2.31. The Morgan fingerprint density at radius 2 is 1.93 bits per heavy atom. The van der Waals surface area contributed by atoms with Gasteiger partial charge in [0.25, 0.3) is 0 Å². The largest absolute Gasteiger partial charge is 0.284 e. The summed E-state index contributed by atoms with van der Waals surface area (Å²) in [5.41, 5.74) is 4.19. The molecule has 4 nitrogen and oxygen atoms in total. The highest BCUT2D eigenvalue weighted by Gasteiger charge is 2.37. The average molecular weight is 398 g/mol. The van der Waals surface area contributed by atoms with Crippen molar-refractivity contribution in [3.63, 3.8) is 0 Å². The van der Waals surface area contributed by atoms with Crippen LogP contribution in [0.1, 0.15) is 42.0 Å². The van der Waals surface area contributed by atoms with E-state index in [1.54, 1.807) is 23.2 Å². The van der Waals surface area contributed by atoms with E-state index in [2.05, 4.69) is 30.1 Å². The van der Waals surface area contributed by atoms with Crippen LogP contribution in [0.2, 0.25) is 0 Å². The molecule has 0 saturated carbocycles. The summed E-state index contributed by atoms with van der Waals surface area (Å²) in [5.74, 6) is -0.252. The second kappa shape index (κ2) is 9.15. The molecule has 1 heterocycles. The third kappa shape index (κ3) is 4.87. The normalized spacial score (nSPS) is 18.6. The molecule has 0 aromatic heterocycles. The molecule has 1 amide bonds. The van der Waals surface area contributed by atoms with Crippen molar-refractivity contribution in [1.82, 2.24) is 4.90 Å². The van der Waals surface area contributed by atoms with Gasteiger partial charge in [0, 0.05) is 0 Å². The van der Waals surface area contributed by atoms with E-state index in [1.807, 2.05) is 19.1 Å². The monoisotopic (exact) mass is 397 g/mol. The molecule has 2 aromatic rings. The van der Waals surface area contributed by atoms with E-state index in [-0.39, 0.29) is 17.0 Å². The Morgan fingerprint density at radius 1 is 1.18 bits per heavy atom. The third-order valence-electron chi connectivity index (χ3n) is 4.59. The van der Waals surface area contributed by atoms with E-state index >= 15 is 0 Å². The SMILES string of the molecule is CCCC1S/C(=N\N=C\c2ccc(C)cc2C)N(Cc2ccc(F)cc2)C1=O. The van der Waals surface area contributed by atoms with Gasteiger partial charge in [0.1, 0.15) is 5.82 Å². The van der Waals surface area contributed by atoms with E-state index in [0.717, 1.165) is 29.5 Å². The number of hydrogen-bond acceptors (Lipinski definition) is 4. The van der Waals surface area contributed by atoms with E-state index in [9.17, 15) is 9.18 Å². The average Bonchev–Trinajstić information content (AvgIpc) is 2.95. The first-order valence-corrected chi connectivity index (χ1v) is 10.3. The molecule has 1 atom stereocenters. The number of thioether (sulfide) groups is 1. The van der Waals surface area contributed by atoms with Crippen molar-refractivity contribution in [3.05, 3.63) is 70.5 Å². The lowest BCUT2D eigenvalue weighted by molar-refractivity contribution is -0.126. The molecule has 0 radical (unpaired) electrons. The van der Waals surface area contributed by atoms with Crippen molar-refractivity contribution in [2.45, 2.75) is 45.4 Å². The van der Waals surface area contributed by atoms with Gasteiger partial charge in [-0.3, -0.25) is 9.69 Å². The summed E-state index contributed by atoms with van der Waals surface area (Å²) in [6.07, 6.45) is 3.44. The summed E-state index contributed by atoms with van der Waals surface area (Å²) < 4.78 is 13.2. The van der Waals surface area contributed by atoms with Gasteiger partial charge in [0.05, 0.1) is 18.0 Å². The molecule has 0 aliphatic carbocycles. The van der Waals surface area contributed by atoms with Crippen LogP contribution in [0.5, 0.6) is 0 Å². The lowest BCUT2D eigenvalue weighted by atomic mass is 10.1. The number of hydrogen-bond donors (Lipinski definition) is 0. The molecule has 6 heteroatoms. The van der Waals surface area contributed by atoms with Crippen LogP contribution < -0.4 is 0 Å². The lowest BCUT2D eigenvalue weighted by Gasteiger charge is -2.15. The van der Waals surface area contributed by atoms with Crippen LogP contribution >= 0.6 is 11.8 Å². The number of aryl methyl sites for hydroxylation is 2. The fraction of sp³-hybridized carbons (Fsp3) is 0.318. The summed E-state index contributed by atoms with van der Waals surface area (Å²) in [7, 11) is 0. The number of carbonyl (C=O) groups is 1. The maximum absolute atomic E-state index is 13.2. The Labute approximate surface area is 169 Å². The second-order valence-corrected chi connectivity index (χ2v) is 8.10. The number of benzene rings is 2. The van der Waals surface area contributed by atoms with E-state index in [1.165, 1.54) is 29.5 Å². The van der Waals surface area contributed by atoms with Crippen molar-refractivity contribution >= 4 is 29.1 Å². The van der Waals surface area contributed by atoms with Crippen molar-refractivity contribution in [2.24, 2.45) is 10.2 Å². The highest BCUT2D eigenvalue weighted by molar-refractivity contribution is 8.15. The number of amidine groups is 1. The van der Waals surface area contributed by atoms with E-state index < -0.39 is 0 Å². The molecular weight excluding hydrogens is 373 g/mol. The third-order valence-corrected chi connectivity index (χ3v) is 5.82. The molecule has 1 fully saturated rings. The van der Waals surface area contributed by atoms with Crippen LogP contribution in [0.4, 0.5) is 4.39 Å². The maximum Gasteiger partial charge on any atom is 0.242 e. The summed E-state index contributed by atoms with van der Waals surface area (Å²) in [6.45, 7) is 6.51. The highest BCUT2D eigenvalue weighted by atomic mass is 32.2. The summed E-state index contributed by atoms with van der Waals surface area (Å²) in [6, 6.07) is 12.3. The van der Waals surface area contributed by atoms with Crippen LogP contribution in [-0.4, -0.2) is 27.4 Å². The Balaban J connectivity index is 1.82. The molecule has 28 heavy (non-hydrogen) atoms. The zero-order valence-corrected chi connectivity index (χ0v) is 17.2. The zero-order valence-electron chi connectivity index (χ0n) is 16.4. The van der Waals surface area contributed by atoms with Gasteiger partial charge in [-0.1, -0.05) is 61.0 Å². The van der Waals surface area contributed by atoms with Gasteiger partial charge in [-0.05, 0) is 49.1 Å². The minimum Gasteiger partial charge on any atom is -0.284 e. The second-order valence-electron chi connectivity index (χ2n) is 6.93. The van der Waals surface area contributed by atoms with Crippen LogP contribution in [0.25, 0.3) is 0 Å². The van der Waals surface area contributed by atoms with Crippen LogP contribution in [0, 0.1) is 19.7 Å². The van der Waals surface area contributed by atoms with Crippen molar-refractivity contribution in [2.75, 3.05) is 0 Å². The first-order valence-electron chi connectivity index (χ1n) is 9.38. The predicted molar refractivity (Wildman–Crippen MR) is 114 cm³/mol. The summed E-state index contributed by atoms with van der Waals surface area (Å²) in [4.78, 5) is 14.5.